The molecule has 0 aliphatic heterocycles. The third-order valence-corrected chi connectivity index (χ3v) is 3.40. The number of hydrogen-bond donors (Lipinski definition) is 2. The average molecular weight is 233 g/mol. The highest BCUT2D eigenvalue weighted by atomic mass is 16.3. The van der Waals surface area contributed by atoms with Crippen molar-refractivity contribution >= 4 is 5.91 Å². The van der Waals surface area contributed by atoms with Crippen molar-refractivity contribution in [2.45, 2.75) is 38.2 Å². The lowest BCUT2D eigenvalue weighted by Gasteiger charge is -2.25. The van der Waals surface area contributed by atoms with Gasteiger partial charge in [0.05, 0.1) is 0 Å². The maximum absolute atomic E-state index is 11.3. The molecule has 1 aliphatic rings. The van der Waals surface area contributed by atoms with Crippen LogP contribution in [0.4, 0.5) is 0 Å². The second-order valence-corrected chi connectivity index (χ2v) is 4.71. The largest absolute Gasteiger partial charge is 0.384 e. The van der Waals surface area contributed by atoms with E-state index in [1.165, 1.54) is 24.5 Å². The maximum Gasteiger partial charge on any atom is 0.248 e. The summed E-state index contributed by atoms with van der Waals surface area (Å²) in [6.45, 7) is 2.12. The van der Waals surface area contributed by atoms with Crippen LogP contribution < -0.4 is 5.32 Å². The molecule has 2 atom stereocenters. The van der Waals surface area contributed by atoms with Crippen LogP contribution >= 0.6 is 0 Å². The number of rotatable bonds is 3. The topological polar surface area (TPSA) is 49.3 Å². The SMILES string of the molecule is CC(O)C(=O)NCC1CCCc2ccccc21. The van der Waals surface area contributed by atoms with Gasteiger partial charge in [0.25, 0.3) is 0 Å². The van der Waals surface area contributed by atoms with E-state index in [-0.39, 0.29) is 5.91 Å². The first kappa shape index (κ1) is 12.1. The lowest BCUT2D eigenvalue weighted by Crippen LogP contribution is -2.36. The average Bonchev–Trinajstić information content (AvgIpc) is 2.35. The third-order valence-electron chi connectivity index (χ3n) is 3.40. The molecule has 3 heteroatoms. The minimum atomic E-state index is -0.922. The number of carbonyl (C=O) groups is 1. The Morgan fingerprint density at radius 3 is 3.06 bits per heavy atom. The minimum Gasteiger partial charge on any atom is -0.384 e. The summed E-state index contributed by atoms with van der Waals surface area (Å²) in [6.07, 6.45) is 2.49. The first-order valence-electron chi connectivity index (χ1n) is 6.22. The Bertz CT molecular complexity index is 401. The van der Waals surface area contributed by atoms with Gasteiger partial charge in [-0.25, -0.2) is 0 Å². The van der Waals surface area contributed by atoms with Crippen LogP contribution in [-0.4, -0.2) is 23.7 Å². The van der Waals surface area contributed by atoms with Crippen molar-refractivity contribution < 1.29 is 9.90 Å². The summed E-state index contributed by atoms with van der Waals surface area (Å²) in [6, 6.07) is 8.43. The number of aryl methyl sites for hydroxylation is 1. The van der Waals surface area contributed by atoms with E-state index in [2.05, 4.69) is 23.5 Å². The van der Waals surface area contributed by atoms with Crippen LogP contribution in [0.25, 0.3) is 0 Å². The molecule has 0 fully saturated rings. The predicted molar refractivity (Wildman–Crippen MR) is 66.8 cm³/mol. The molecule has 0 heterocycles. The minimum absolute atomic E-state index is 0.284. The highest BCUT2D eigenvalue weighted by Gasteiger charge is 2.20. The molecule has 0 saturated heterocycles. The second-order valence-electron chi connectivity index (χ2n) is 4.71. The molecule has 2 N–H and O–H groups in total. The van der Waals surface area contributed by atoms with E-state index in [0.29, 0.717) is 12.5 Å². The zero-order valence-electron chi connectivity index (χ0n) is 10.1. The normalized spacial score (nSPS) is 20.5. The van der Waals surface area contributed by atoms with Crippen molar-refractivity contribution in [1.29, 1.82) is 0 Å². The molecule has 1 aliphatic carbocycles. The molecule has 0 saturated carbocycles. The Morgan fingerprint density at radius 1 is 1.53 bits per heavy atom. The first-order valence-corrected chi connectivity index (χ1v) is 6.22. The van der Waals surface area contributed by atoms with Crippen molar-refractivity contribution in [2.24, 2.45) is 0 Å². The second kappa shape index (κ2) is 5.32. The Kier molecular flexibility index (Phi) is 3.79. The summed E-state index contributed by atoms with van der Waals surface area (Å²) in [7, 11) is 0. The Hall–Kier alpha value is -1.35. The maximum atomic E-state index is 11.3. The molecule has 0 aromatic heterocycles. The molecular formula is C14H19NO2. The molecule has 3 nitrogen and oxygen atoms in total. The third kappa shape index (κ3) is 2.86. The van der Waals surface area contributed by atoms with Gasteiger partial charge in [0.1, 0.15) is 6.10 Å². The molecule has 0 spiro atoms. The molecule has 17 heavy (non-hydrogen) atoms. The molecular weight excluding hydrogens is 214 g/mol. The van der Waals surface area contributed by atoms with Crippen LogP contribution in [-0.2, 0) is 11.2 Å². The van der Waals surface area contributed by atoms with Crippen LogP contribution in [0.3, 0.4) is 0 Å². The van der Waals surface area contributed by atoms with Crippen molar-refractivity contribution in [3.63, 3.8) is 0 Å². The van der Waals surface area contributed by atoms with Gasteiger partial charge in [-0.3, -0.25) is 4.79 Å². The smallest absolute Gasteiger partial charge is 0.248 e. The van der Waals surface area contributed by atoms with Crippen molar-refractivity contribution in [1.82, 2.24) is 5.32 Å². The number of carbonyl (C=O) groups excluding carboxylic acids is 1. The van der Waals surface area contributed by atoms with E-state index in [9.17, 15) is 4.79 Å². The van der Waals surface area contributed by atoms with Crippen LogP contribution in [0.2, 0.25) is 0 Å². The number of hydrogen-bond acceptors (Lipinski definition) is 2. The molecule has 1 aromatic rings. The predicted octanol–water partition coefficient (Wildman–Crippen LogP) is 1.60. The Labute approximate surface area is 102 Å². The number of fused-ring (bicyclic) bond motifs is 1. The summed E-state index contributed by atoms with van der Waals surface area (Å²) >= 11 is 0. The summed E-state index contributed by atoms with van der Waals surface area (Å²) in [5.74, 6) is 0.107. The van der Waals surface area contributed by atoms with Gasteiger partial charge in [-0.05, 0) is 37.3 Å². The van der Waals surface area contributed by atoms with Gasteiger partial charge < -0.3 is 10.4 Å². The fourth-order valence-corrected chi connectivity index (χ4v) is 2.44. The zero-order valence-corrected chi connectivity index (χ0v) is 10.1. The first-order chi connectivity index (χ1) is 8.18. The summed E-state index contributed by atoms with van der Waals surface area (Å²) in [5.41, 5.74) is 2.75. The molecule has 1 amide bonds. The monoisotopic (exact) mass is 233 g/mol. The van der Waals surface area contributed by atoms with E-state index < -0.39 is 6.10 Å². The quantitative estimate of drug-likeness (QED) is 0.833. The number of aliphatic hydroxyl groups excluding tert-OH is 1. The molecule has 0 radical (unpaired) electrons. The lowest BCUT2D eigenvalue weighted by atomic mass is 9.83. The van der Waals surface area contributed by atoms with Crippen LogP contribution in [0, 0.1) is 0 Å². The molecule has 92 valence electrons. The van der Waals surface area contributed by atoms with Gasteiger partial charge in [-0.2, -0.15) is 0 Å². The Morgan fingerprint density at radius 2 is 2.29 bits per heavy atom. The van der Waals surface area contributed by atoms with Crippen LogP contribution in [0.1, 0.15) is 36.8 Å². The fraction of sp³-hybridized carbons (Fsp3) is 0.500. The summed E-state index contributed by atoms with van der Waals surface area (Å²) < 4.78 is 0. The van der Waals surface area contributed by atoms with Gasteiger partial charge >= 0.3 is 0 Å². The highest BCUT2D eigenvalue weighted by Crippen LogP contribution is 2.30. The number of benzene rings is 1. The fourth-order valence-electron chi connectivity index (χ4n) is 2.44. The summed E-state index contributed by atoms with van der Waals surface area (Å²) in [4.78, 5) is 11.3. The van der Waals surface area contributed by atoms with Crippen LogP contribution in [0.15, 0.2) is 24.3 Å². The van der Waals surface area contributed by atoms with E-state index in [4.69, 9.17) is 5.11 Å². The van der Waals surface area contributed by atoms with E-state index in [1.54, 1.807) is 0 Å². The van der Waals surface area contributed by atoms with E-state index in [0.717, 1.165) is 12.8 Å². The van der Waals surface area contributed by atoms with E-state index >= 15 is 0 Å². The zero-order chi connectivity index (χ0) is 12.3. The lowest BCUT2D eigenvalue weighted by molar-refractivity contribution is -0.128. The van der Waals surface area contributed by atoms with Gasteiger partial charge in [-0.1, -0.05) is 24.3 Å². The van der Waals surface area contributed by atoms with Gasteiger partial charge in [-0.15, -0.1) is 0 Å². The van der Waals surface area contributed by atoms with Gasteiger partial charge in [0, 0.05) is 12.5 Å². The standard InChI is InChI=1S/C14H19NO2/c1-10(16)14(17)15-9-12-7-4-6-11-5-2-3-8-13(11)12/h2-3,5,8,10,12,16H,4,6-7,9H2,1H3,(H,15,17). The molecule has 2 unspecified atom stereocenters. The van der Waals surface area contributed by atoms with Gasteiger partial charge in [0.2, 0.25) is 5.91 Å². The van der Waals surface area contributed by atoms with Gasteiger partial charge in [0.15, 0.2) is 0 Å². The van der Waals surface area contributed by atoms with Crippen molar-refractivity contribution in [3.8, 4) is 0 Å². The van der Waals surface area contributed by atoms with Crippen LogP contribution in [0.5, 0.6) is 0 Å². The Balaban J connectivity index is 2.01. The molecule has 1 aromatic carbocycles. The molecule has 2 rings (SSSR count). The number of aliphatic hydroxyl groups is 1. The number of amides is 1. The number of nitrogens with one attached hydrogen (secondary N) is 1. The summed E-state index contributed by atoms with van der Waals surface area (Å²) in [5, 5.41) is 11.9. The molecule has 0 bridgehead atoms. The van der Waals surface area contributed by atoms with E-state index in [1.807, 2.05) is 6.07 Å². The highest BCUT2D eigenvalue weighted by molar-refractivity contribution is 5.80. The van der Waals surface area contributed by atoms with Crippen molar-refractivity contribution in [2.75, 3.05) is 6.54 Å². The van der Waals surface area contributed by atoms with Crippen molar-refractivity contribution in [3.05, 3.63) is 35.4 Å².